The summed E-state index contributed by atoms with van der Waals surface area (Å²) >= 11 is 0. The Hall–Kier alpha value is -3.72. The number of carboxylic acids is 1. The van der Waals surface area contributed by atoms with Crippen LogP contribution in [0, 0.1) is 5.92 Å². The van der Waals surface area contributed by atoms with Gasteiger partial charge in [-0.1, -0.05) is 55.5 Å². The lowest BCUT2D eigenvalue weighted by atomic mass is 9.98. The zero-order valence-electron chi connectivity index (χ0n) is 20.8. The maximum atomic E-state index is 13.5. The van der Waals surface area contributed by atoms with E-state index in [2.05, 4.69) is 17.4 Å². The Labute approximate surface area is 215 Å². The van der Waals surface area contributed by atoms with Gasteiger partial charge >= 0.3 is 12.1 Å². The minimum atomic E-state index is -1.28. The average molecular weight is 506 g/mol. The number of nitrogens with zero attached hydrogens (tertiary/aromatic N) is 2. The van der Waals surface area contributed by atoms with E-state index in [9.17, 15) is 24.3 Å². The maximum Gasteiger partial charge on any atom is 0.410 e. The number of ether oxygens (including phenoxy) is 1. The Kier molecular flexibility index (Phi) is 6.97. The third-order valence-corrected chi connectivity index (χ3v) is 7.55. The summed E-state index contributed by atoms with van der Waals surface area (Å²) in [6.07, 6.45) is 1.02. The molecule has 0 unspecified atom stereocenters. The molecule has 3 atom stereocenters. The van der Waals surface area contributed by atoms with Crippen molar-refractivity contribution < 1.29 is 29.0 Å². The summed E-state index contributed by atoms with van der Waals surface area (Å²) in [5.74, 6) is -2.63. The second-order valence-electron chi connectivity index (χ2n) is 10.1. The summed E-state index contributed by atoms with van der Waals surface area (Å²) in [5, 5.41) is 12.4. The summed E-state index contributed by atoms with van der Waals surface area (Å²) in [6, 6.07) is 14.5. The lowest BCUT2D eigenvalue weighted by molar-refractivity contribution is -0.155. The van der Waals surface area contributed by atoms with Crippen LogP contribution in [0.3, 0.4) is 0 Å². The Morgan fingerprint density at radius 3 is 2.27 bits per heavy atom. The molecule has 0 spiro atoms. The highest BCUT2D eigenvalue weighted by Gasteiger charge is 2.44. The molecule has 2 heterocycles. The largest absolute Gasteiger partial charge is 0.480 e. The minimum Gasteiger partial charge on any atom is -0.480 e. The summed E-state index contributed by atoms with van der Waals surface area (Å²) in [6.45, 7) is 2.22. The van der Waals surface area contributed by atoms with E-state index >= 15 is 0 Å². The molecule has 2 N–H and O–H groups in total. The molecule has 0 bridgehead atoms. The number of hydrogen-bond donors (Lipinski definition) is 2. The molecule has 5 rings (SSSR count). The number of aliphatic carboxylic acids is 1. The molecule has 1 aliphatic carbocycles. The van der Waals surface area contributed by atoms with E-state index in [1.807, 2.05) is 43.3 Å². The zero-order valence-corrected chi connectivity index (χ0v) is 20.8. The van der Waals surface area contributed by atoms with Crippen molar-refractivity contribution in [1.29, 1.82) is 0 Å². The van der Waals surface area contributed by atoms with Crippen LogP contribution < -0.4 is 5.32 Å². The van der Waals surface area contributed by atoms with Crippen LogP contribution in [0.5, 0.6) is 0 Å². The molecule has 3 amide bonds. The Morgan fingerprint density at radius 1 is 1.03 bits per heavy atom. The Bertz CT molecular complexity index is 1180. The number of fused-ring (bicyclic) bond motifs is 3. The first-order valence-electron chi connectivity index (χ1n) is 12.8. The molecule has 9 heteroatoms. The first-order valence-corrected chi connectivity index (χ1v) is 12.8. The first-order chi connectivity index (χ1) is 17.8. The number of amides is 3. The topological polar surface area (TPSA) is 116 Å². The van der Waals surface area contributed by atoms with Gasteiger partial charge in [0.2, 0.25) is 5.91 Å². The second-order valence-corrected chi connectivity index (χ2v) is 10.1. The van der Waals surface area contributed by atoms with Gasteiger partial charge in [0.25, 0.3) is 5.91 Å². The van der Waals surface area contributed by atoms with Gasteiger partial charge in [-0.25, -0.2) is 4.79 Å². The molecule has 2 aromatic rings. The standard InChI is InChI=1S/C28H31N3O6/c1-17-13-24(27(35)31(15-25(32)33)26(34)23-11-6-12-29-23)30(14-17)28(36)37-16-22-20-9-4-2-7-18(20)19-8-3-5-10-21(19)22/h2-5,7-10,17,22-24,29H,6,11-16H2,1H3,(H,32,33)/t17-,23+,24+/m1/s1. The second kappa shape index (κ2) is 10.3. The zero-order chi connectivity index (χ0) is 26.1. The number of hydrogen-bond acceptors (Lipinski definition) is 6. The molecule has 0 radical (unpaired) electrons. The monoisotopic (exact) mass is 505 g/mol. The van der Waals surface area contributed by atoms with Gasteiger partial charge in [0.05, 0.1) is 6.04 Å². The average Bonchev–Trinajstić information content (AvgIpc) is 3.63. The van der Waals surface area contributed by atoms with Crippen molar-refractivity contribution in [1.82, 2.24) is 15.1 Å². The molecule has 0 aromatic heterocycles. The SMILES string of the molecule is C[C@@H]1C[C@@H](C(=O)N(CC(=O)O)C(=O)[C@@H]2CCCN2)N(C(=O)OCC2c3ccccc3-c3ccccc32)C1. The smallest absolute Gasteiger partial charge is 0.410 e. The first kappa shape index (κ1) is 25.0. The number of likely N-dealkylation sites (tertiary alicyclic amines) is 1. The molecular weight excluding hydrogens is 474 g/mol. The Balaban J connectivity index is 1.32. The molecule has 2 fully saturated rings. The van der Waals surface area contributed by atoms with E-state index in [0.717, 1.165) is 33.6 Å². The highest BCUT2D eigenvalue weighted by atomic mass is 16.6. The normalized spacial score (nSPS) is 22.4. The number of rotatable bonds is 6. The summed E-state index contributed by atoms with van der Waals surface area (Å²) < 4.78 is 5.78. The van der Waals surface area contributed by atoms with Crippen LogP contribution in [-0.2, 0) is 19.1 Å². The van der Waals surface area contributed by atoms with Crippen molar-refractivity contribution >= 4 is 23.9 Å². The van der Waals surface area contributed by atoms with E-state index in [1.165, 1.54) is 4.90 Å². The quantitative estimate of drug-likeness (QED) is 0.580. The fourth-order valence-electron chi connectivity index (χ4n) is 5.82. The highest BCUT2D eigenvalue weighted by molar-refractivity contribution is 6.03. The fraction of sp³-hybridized carbons (Fsp3) is 0.429. The third-order valence-electron chi connectivity index (χ3n) is 7.55. The van der Waals surface area contributed by atoms with Gasteiger partial charge in [0.15, 0.2) is 0 Å². The molecule has 2 saturated heterocycles. The molecular formula is C28H31N3O6. The van der Waals surface area contributed by atoms with Gasteiger partial charge in [-0.2, -0.15) is 0 Å². The van der Waals surface area contributed by atoms with Crippen molar-refractivity contribution in [2.45, 2.75) is 44.2 Å². The predicted octanol–water partition coefficient (Wildman–Crippen LogP) is 2.84. The number of carbonyl (C=O) groups is 4. The molecule has 37 heavy (non-hydrogen) atoms. The maximum absolute atomic E-state index is 13.5. The van der Waals surface area contributed by atoms with Crippen molar-refractivity contribution in [2.75, 3.05) is 26.2 Å². The molecule has 194 valence electrons. The summed E-state index contributed by atoms with van der Waals surface area (Å²) in [5.41, 5.74) is 4.40. The number of benzene rings is 2. The van der Waals surface area contributed by atoms with E-state index in [-0.39, 0.29) is 18.4 Å². The van der Waals surface area contributed by atoms with Crippen LogP contribution in [-0.4, -0.2) is 77.1 Å². The van der Waals surface area contributed by atoms with Gasteiger partial charge in [0, 0.05) is 12.5 Å². The molecule has 9 nitrogen and oxygen atoms in total. The molecule has 2 aromatic carbocycles. The molecule has 2 aliphatic heterocycles. The number of carbonyl (C=O) groups excluding carboxylic acids is 3. The fourth-order valence-corrected chi connectivity index (χ4v) is 5.82. The van der Waals surface area contributed by atoms with Crippen LogP contribution in [0.2, 0.25) is 0 Å². The van der Waals surface area contributed by atoms with Crippen LogP contribution in [0.25, 0.3) is 11.1 Å². The van der Waals surface area contributed by atoms with Gasteiger partial charge < -0.3 is 15.2 Å². The van der Waals surface area contributed by atoms with E-state index in [0.29, 0.717) is 25.9 Å². The predicted molar refractivity (Wildman–Crippen MR) is 135 cm³/mol. The van der Waals surface area contributed by atoms with Gasteiger partial charge in [-0.05, 0) is 54.0 Å². The minimum absolute atomic E-state index is 0.000758. The van der Waals surface area contributed by atoms with Crippen molar-refractivity contribution in [3.05, 3.63) is 59.7 Å². The summed E-state index contributed by atoms with van der Waals surface area (Å²) in [4.78, 5) is 53.4. The Morgan fingerprint density at radius 2 is 1.68 bits per heavy atom. The lowest BCUT2D eigenvalue weighted by Gasteiger charge is -2.29. The van der Waals surface area contributed by atoms with Crippen molar-refractivity contribution in [3.63, 3.8) is 0 Å². The summed E-state index contributed by atoms with van der Waals surface area (Å²) in [7, 11) is 0. The number of carboxylic acid groups (broad SMARTS) is 1. The highest BCUT2D eigenvalue weighted by Crippen LogP contribution is 2.44. The number of nitrogens with one attached hydrogen (secondary N) is 1. The van der Waals surface area contributed by atoms with Gasteiger partial charge in [-0.15, -0.1) is 0 Å². The number of imide groups is 1. The van der Waals surface area contributed by atoms with Crippen LogP contribution in [0.1, 0.15) is 43.2 Å². The van der Waals surface area contributed by atoms with E-state index in [1.54, 1.807) is 0 Å². The lowest BCUT2D eigenvalue weighted by Crippen LogP contribution is -2.55. The van der Waals surface area contributed by atoms with Crippen molar-refractivity contribution in [3.8, 4) is 11.1 Å². The third kappa shape index (κ3) is 4.83. The van der Waals surface area contributed by atoms with E-state index in [4.69, 9.17) is 4.74 Å². The molecule has 0 saturated carbocycles. The van der Waals surface area contributed by atoms with Crippen LogP contribution in [0.4, 0.5) is 4.79 Å². The van der Waals surface area contributed by atoms with Crippen LogP contribution in [0.15, 0.2) is 48.5 Å². The van der Waals surface area contributed by atoms with Gasteiger partial charge in [0.1, 0.15) is 19.2 Å². The van der Waals surface area contributed by atoms with Crippen molar-refractivity contribution in [2.24, 2.45) is 5.92 Å². The van der Waals surface area contributed by atoms with E-state index < -0.39 is 42.5 Å². The molecule has 3 aliphatic rings. The van der Waals surface area contributed by atoms with Crippen LogP contribution >= 0.6 is 0 Å². The van der Waals surface area contributed by atoms with Gasteiger partial charge in [-0.3, -0.25) is 24.2 Å².